The fraction of sp³-hybridized carbons (Fsp3) is 0.417. The third kappa shape index (κ3) is 4.57. The van der Waals surface area contributed by atoms with Gasteiger partial charge in [-0.25, -0.2) is 0 Å². The molecule has 0 bridgehead atoms. The van der Waals surface area contributed by atoms with E-state index in [0.29, 0.717) is 6.54 Å². The second-order valence-corrected chi connectivity index (χ2v) is 8.65. The largest absolute Gasteiger partial charge is 0.467 e. The Labute approximate surface area is 194 Å². The van der Waals surface area contributed by atoms with Crippen LogP contribution in [-0.2, 0) is 11.3 Å². The van der Waals surface area contributed by atoms with Crippen LogP contribution in [0.5, 0.6) is 0 Å². The van der Waals surface area contributed by atoms with Crippen molar-refractivity contribution in [3.63, 3.8) is 0 Å². The maximum atomic E-state index is 5.82. The predicted octanol–water partition coefficient (Wildman–Crippen LogP) is 3.22. The molecule has 2 aliphatic rings. The van der Waals surface area contributed by atoms with E-state index in [1.807, 2.05) is 30.5 Å². The van der Waals surface area contributed by atoms with Crippen LogP contribution in [0.4, 0.5) is 0 Å². The van der Waals surface area contributed by atoms with Gasteiger partial charge >= 0.3 is 0 Å². The smallest absolute Gasteiger partial charge is 0.170 e. The fourth-order valence-corrected chi connectivity index (χ4v) is 5.00. The van der Waals surface area contributed by atoms with Crippen LogP contribution < -0.4 is 5.32 Å². The molecule has 1 N–H and O–H groups in total. The van der Waals surface area contributed by atoms with Crippen molar-refractivity contribution in [1.82, 2.24) is 24.7 Å². The van der Waals surface area contributed by atoms with E-state index in [0.717, 1.165) is 62.4 Å². The highest BCUT2D eigenvalue weighted by molar-refractivity contribution is 7.80. The summed E-state index contributed by atoms with van der Waals surface area (Å²) in [5.41, 5.74) is 2.21. The molecule has 3 aromatic rings. The van der Waals surface area contributed by atoms with Gasteiger partial charge in [-0.15, -0.1) is 0 Å². The highest BCUT2D eigenvalue weighted by Gasteiger charge is 2.40. The highest BCUT2D eigenvalue weighted by atomic mass is 32.1. The molecule has 0 aliphatic carbocycles. The van der Waals surface area contributed by atoms with Crippen LogP contribution in [0.1, 0.15) is 35.7 Å². The molecule has 2 aliphatic heterocycles. The molecule has 32 heavy (non-hydrogen) atoms. The number of aromatic nitrogens is 2. The van der Waals surface area contributed by atoms with E-state index in [1.54, 1.807) is 6.26 Å². The third-order valence-corrected chi connectivity index (χ3v) is 6.60. The van der Waals surface area contributed by atoms with Crippen LogP contribution in [0, 0.1) is 0 Å². The number of morpholine rings is 1. The van der Waals surface area contributed by atoms with E-state index in [1.165, 1.54) is 5.69 Å². The first kappa shape index (κ1) is 21.2. The van der Waals surface area contributed by atoms with Gasteiger partial charge in [0.25, 0.3) is 0 Å². The normalized spacial score (nSPS) is 21.8. The first-order chi connectivity index (χ1) is 15.8. The lowest BCUT2D eigenvalue weighted by atomic mass is 10.0. The van der Waals surface area contributed by atoms with Crippen molar-refractivity contribution in [2.24, 2.45) is 0 Å². The second kappa shape index (κ2) is 9.85. The summed E-state index contributed by atoms with van der Waals surface area (Å²) < 4.78 is 13.3. The molecule has 7 nitrogen and oxygen atoms in total. The minimum absolute atomic E-state index is 0.00247. The Bertz CT molecular complexity index is 1000. The molecular formula is C24H29N5O2S. The Hall–Kier alpha value is -2.68. The van der Waals surface area contributed by atoms with Crippen LogP contribution in [0.2, 0.25) is 0 Å². The number of nitrogens with one attached hydrogen (secondary N) is 1. The van der Waals surface area contributed by atoms with Gasteiger partial charge in [0.1, 0.15) is 5.76 Å². The first-order valence-corrected chi connectivity index (χ1v) is 11.7. The van der Waals surface area contributed by atoms with Crippen LogP contribution >= 0.6 is 12.2 Å². The van der Waals surface area contributed by atoms with Gasteiger partial charge in [-0.05, 0) is 55.0 Å². The molecule has 5 heterocycles. The van der Waals surface area contributed by atoms with E-state index in [4.69, 9.17) is 21.4 Å². The number of furan rings is 1. The zero-order chi connectivity index (χ0) is 21.8. The summed E-state index contributed by atoms with van der Waals surface area (Å²) in [6.07, 6.45) is 6.73. The monoisotopic (exact) mass is 451 g/mol. The molecule has 0 radical (unpaired) electrons. The zero-order valence-corrected chi connectivity index (χ0v) is 18.9. The number of hydrogen-bond donors (Lipinski definition) is 1. The average molecular weight is 452 g/mol. The van der Waals surface area contributed by atoms with Gasteiger partial charge in [0, 0.05) is 44.3 Å². The molecular weight excluding hydrogens is 422 g/mol. The summed E-state index contributed by atoms with van der Waals surface area (Å²) in [6, 6.07) is 14.3. The summed E-state index contributed by atoms with van der Waals surface area (Å²) in [5, 5.41) is 4.35. The number of rotatable bonds is 8. The average Bonchev–Trinajstić information content (AvgIpc) is 3.57. The molecule has 2 saturated heterocycles. The number of pyridine rings is 1. The van der Waals surface area contributed by atoms with Crippen molar-refractivity contribution in [1.29, 1.82) is 0 Å². The number of hydrogen-bond acceptors (Lipinski definition) is 5. The van der Waals surface area contributed by atoms with Crippen LogP contribution in [0.15, 0.2) is 65.5 Å². The van der Waals surface area contributed by atoms with Gasteiger partial charge in [0.05, 0.1) is 43.8 Å². The summed E-state index contributed by atoms with van der Waals surface area (Å²) >= 11 is 5.82. The van der Waals surface area contributed by atoms with Crippen LogP contribution in [0.25, 0.3) is 0 Å². The van der Waals surface area contributed by atoms with Gasteiger partial charge in [0.15, 0.2) is 5.11 Å². The summed E-state index contributed by atoms with van der Waals surface area (Å²) in [6.45, 7) is 6.31. The minimum atomic E-state index is -0.00247. The van der Waals surface area contributed by atoms with Gasteiger partial charge < -0.3 is 23.9 Å². The first-order valence-electron chi connectivity index (χ1n) is 11.3. The molecule has 0 aromatic carbocycles. The van der Waals surface area contributed by atoms with Gasteiger partial charge in [-0.3, -0.25) is 9.88 Å². The molecule has 3 aromatic heterocycles. The van der Waals surface area contributed by atoms with Gasteiger partial charge in [-0.2, -0.15) is 0 Å². The summed E-state index contributed by atoms with van der Waals surface area (Å²) in [4.78, 5) is 9.46. The molecule has 2 atom stereocenters. The van der Waals surface area contributed by atoms with E-state index < -0.39 is 0 Å². The highest BCUT2D eigenvalue weighted by Crippen LogP contribution is 2.39. The molecule has 5 rings (SSSR count). The maximum absolute atomic E-state index is 5.82. The standard InChI is InChI=1S/C24H29N5O2S/c32-24-26-22(20-7-1-2-9-25-20)23(29(24)12-5-10-27-13-16-30-17-14-27)21-8-3-11-28(21)18-19-6-4-15-31-19/h1-4,6-9,11,15,22-23H,5,10,12-14,16-18H2,(H,26,32)/t22-,23+/m0/s1. The molecule has 0 spiro atoms. The van der Waals surface area contributed by atoms with E-state index in [9.17, 15) is 0 Å². The van der Waals surface area contributed by atoms with Gasteiger partial charge in [0.2, 0.25) is 0 Å². The molecule has 0 unspecified atom stereocenters. The van der Waals surface area contributed by atoms with E-state index >= 15 is 0 Å². The van der Waals surface area contributed by atoms with E-state index in [-0.39, 0.29) is 12.1 Å². The maximum Gasteiger partial charge on any atom is 0.170 e. The van der Waals surface area contributed by atoms with Crippen LogP contribution in [0.3, 0.4) is 0 Å². The van der Waals surface area contributed by atoms with Crippen molar-refractivity contribution < 1.29 is 9.15 Å². The second-order valence-electron chi connectivity index (χ2n) is 8.27. The molecule has 0 saturated carbocycles. The lowest BCUT2D eigenvalue weighted by Gasteiger charge is -2.31. The topological polar surface area (TPSA) is 58.7 Å². The van der Waals surface area contributed by atoms with Crippen molar-refractivity contribution >= 4 is 17.3 Å². The van der Waals surface area contributed by atoms with Crippen molar-refractivity contribution in [2.45, 2.75) is 25.0 Å². The fourth-order valence-electron chi connectivity index (χ4n) is 4.67. The number of thiocarbonyl (C=S) groups is 1. The van der Waals surface area contributed by atoms with Crippen LogP contribution in [-0.4, -0.2) is 63.9 Å². The Morgan fingerprint density at radius 3 is 2.75 bits per heavy atom. The lowest BCUT2D eigenvalue weighted by molar-refractivity contribution is 0.0365. The van der Waals surface area contributed by atoms with Gasteiger partial charge in [-0.1, -0.05) is 6.07 Å². The summed E-state index contributed by atoms with van der Waals surface area (Å²) in [7, 11) is 0. The quantitative estimate of drug-likeness (QED) is 0.528. The Balaban J connectivity index is 1.39. The molecule has 168 valence electrons. The number of nitrogens with zero attached hydrogens (tertiary/aromatic N) is 4. The molecule has 8 heteroatoms. The minimum Gasteiger partial charge on any atom is -0.467 e. The molecule has 0 amide bonds. The van der Waals surface area contributed by atoms with E-state index in [2.05, 4.69) is 49.1 Å². The zero-order valence-electron chi connectivity index (χ0n) is 18.1. The predicted molar refractivity (Wildman–Crippen MR) is 126 cm³/mol. The number of ether oxygens (including phenoxy) is 1. The summed E-state index contributed by atoms with van der Waals surface area (Å²) in [5.74, 6) is 0.934. The Kier molecular flexibility index (Phi) is 6.52. The Morgan fingerprint density at radius 1 is 1.06 bits per heavy atom. The third-order valence-electron chi connectivity index (χ3n) is 6.25. The Morgan fingerprint density at radius 2 is 1.97 bits per heavy atom. The lowest BCUT2D eigenvalue weighted by Crippen LogP contribution is -2.39. The van der Waals surface area contributed by atoms with Crippen molar-refractivity contribution in [3.05, 3.63) is 78.3 Å². The van der Waals surface area contributed by atoms with Crippen molar-refractivity contribution in [3.8, 4) is 0 Å². The van der Waals surface area contributed by atoms with Crippen molar-refractivity contribution in [2.75, 3.05) is 39.4 Å². The molecule has 2 fully saturated rings. The SMILES string of the molecule is S=C1N[C@@H](c2ccccn2)[C@@H](c2cccn2Cc2ccco2)N1CCCN1CCOCC1.